The van der Waals surface area contributed by atoms with E-state index in [2.05, 4.69) is 0 Å². The highest BCUT2D eigenvalue weighted by atomic mass is 35.7. The number of benzene rings is 1. The van der Waals surface area contributed by atoms with Gasteiger partial charge < -0.3 is 4.42 Å². The molecule has 8 heteroatoms. The highest BCUT2D eigenvalue weighted by Crippen LogP contribution is 2.12. The highest BCUT2D eigenvalue weighted by molar-refractivity contribution is 5.77. The summed E-state index contributed by atoms with van der Waals surface area (Å²) < 4.78 is 41.3. The normalized spacial score (nSPS) is 10.9. The van der Waals surface area contributed by atoms with Gasteiger partial charge in [0.2, 0.25) is 0 Å². The first-order valence-corrected chi connectivity index (χ1v) is 7.24. The molecule has 1 N–H and O–H groups in total. The summed E-state index contributed by atoms with van der Waals surface area (Å²) in [5.41, 5.74) is 1.64. The van der Waals surface area contributed by atoms with Crippen molar-refractivity contribution in [2.24, 2.45) is 0 Å². The van der Waals surface area contributed by atoms with Crippen LogP contribution in [0.5, 0.6) is 0 Å². The van der Waals surface area contributed by atoms with Crippen molar-refractivity contribution in [1.29, 1.82) is 5.41 Å². The van der Waals surface area contributed by atoms with Crippen LogP contribution in [0.1, 0.15) is 0 Å². The molecule has 0 aliphatic carbocycles. The Labute approximate surface area is 127 Å². The smallest absolute Gasteiger partial charge is 0.286 e. The van der Waals surface area contributed by atoms with E-state index in [1.165, 1.54) is 0 Å². The molecule has 0 aliphatic rings. The molecule has 0 atom stereocenters. The molecule has 0 amide bonds. The predicted octanol–water partition coefficient (Wildman–Crippen LogP) is -2.57. The highest BCUT2D eigenvalue weighted by Gasteiger charge is 2.10. The van der Waals surface area contributed by atoms with Gasteiger partial charge in [-0.15, -0.1) is 10.2 Å². The first-order valence-electron chi connectivity index (χ1n) is 6.00. The van der Waals surface area contributed by atoms with Gasteiger partial charge in [-0.25, -0.2) is 18.6 Å². The number of rotatable bonds is 1. The van der Waals surface area contributed by atoms with E-state index < -0.39 is 10.2 Å². The Kier molecular flexibility index (Phi) is 4.86. The minimum absolute atomic E-state index is 0.167. The minimum Gasteiger partial charge on any atom is -0.434 e. The molecule has 114 valence electrons. The van der Waals surface area contributed by atoms with Crippen molar-refractivity contribution in [1.82, 2.24) is 0 Å². The average molecular weight is 323 g/mol. The van der Waals surface area contributed by atoms with Gasteiger partial charge in [-0.3, -0.25) is 5.41 Å². The van der Waals surface area contributed by atoms with E-state index in [1.54, 1.807) is 0 Å². The summed E-state index contributed by atoms with van der Waals surface area (Å²) in [6.45, 7) is 0. The van der Waals surface area contributed by atoms with Crippen LogP contribution in [-0.2, 0) is 0 Å². The summed E-state index contributed by atoms with van der Waals surface area (Å²) in [7, 11) is -4.94. The van der Waals surface area contributed by atoms with Gasteiger partial charge in [0, 0.05) is 23.6 Å². The van der Waals surface area contributed by atoms with E-state index in [4.69, 9.17) is 28.5 Å². The van der Waals surface area contributed by atoms with Gasteiger partial charge in [0.1, 0.15) is 5.58 Å². The second-order valence-corrected chi connectivity index (χ2v) is 4.92. The van der Waals surface area contributed by atoms with E-state index in [-0.39, 0.29) is 5.55 Å². The fourth-order valence-corrected chi connectivity index (χ4v) is 1.82. The number of nitrogens with one attached hydrogen (secondary N) is 1. The number of hydrogen-bond donors (Lipinski definition) is 1. The van der Waals surface area contributed by atoms with Gasteiger partial charge >= 0.3 is 0 Å². The first-order chi connectivity index (χ1) is 10.3. The Bertz CT molecular complexity index is 809. The SMILES string of the molecule is N=c1oc2ccccc2cc1-[n+]1ccccc1.[O-][Cl+3]([O-])([O-])[O-]. The molecule has 3 aromatic rings. The second kappa shape index (κ2) is 6.65. The van der Waals surface area contributed by atoms with Crippen LogP contribution in [-0.4, -0.2) is 0 Å². The van der Waals surface area contributed by atoms with Crippen molar-refractivity contribution in [3.63, 3.8) is 0 Å². The van der Waals surface area contributed by atoms with E-state index in [0.717, 1.165) is 16.7 Å². The molecule has 2 heterocycles. The summed E-state index contributed by atoms with van der Waals surface area (Å²) in [6.07, 6.45) is 3.80. The Balaban J connectivity index is 0.000000309. The Morgan fingerprint density at radius 3 is 2.14 bits per heavy atom. The summed E-state index contributed by atoms with van der Waals surface area (Å²) in [5, 5.41) is 8.90. The van der Waals surface area contributed by atoms with Crippen LogP contribution in [0, 0.1) is 15.7 Å². The quantitative estimate of drug-likeness (QED) is 0.492. The zero-order valence-electron chi connectivity index (χ0n) is 11.1. The van der Waals surface area contributed by atoms with Crippen molar-refractivity contribution >= 4 is 11.0 Å². The zero-order valence-corrected chi connectivity index (χ0v) is 11.9. The zero-order chi connectivity index (χ0) is 16.2. The van der Waals surface area contributed by atoms with Gasteiger partial charge in [0.25, 0.3) is 11.2 Å². The monoisotopic (exact) mass is 322 g/mol. The number of para-hydroxylation sites is 1. The second-order valence-electron chi connectivity index (χ2n) is 4.16. The van der Waals surface area contributed by atoms with Crippen molar-refractivity contribution < 1.29 is 37.9 Å². The first kappa shape index (κ1) is 16.1. The van der Waals surface area contributed by atoms with Crippen LogP contribution in [0.4, 0.5) is 0 Å². The molecule has 0 spiro atoms. The number of pyridine rings is 1. The van der Waals surface area contributed by atoms with Crippen LogP contribution in [0.25, 0.3) is 16.7 Å². The molecule has 0 fully saturated rings. The molecular weight excluding hydrogens is 312 g/mol. The maximum atomic E-state index is 8.49. The van der Waals surface area contributed by atoms with Crippen LogP contribution in [0.3, 0.4) is 0 Å². The van der Waals surface area contributed by atoms with E-state index >= 15 is 0 Å². The van der Waals surface area contributed by atoms with Crippen molar-refractivity contribution in [2.45, 2.75) is 0 Å². The standard InChI is InChI=1S/C14H11N2O.ClHO4/c15-14-12(16-8-4-1-5-9-16)10-11-6-2-3-7-13(11)17-14;2-1(3,4)5/h1-10,15H;(H,2,3,4,5)/q+1;/p-1. The molecule has 3 rings (SSSR count). The van der Waals surface area contributed by atoms with Crippen LogP contribution in [0.15, 0.2) is 65.3 Å². The molecular formula is C14H11ClN2O5. The summed E-state index contributed by atoms with van der Waals surface area (Å²) in [5.74, 6) is 0. The lowest BCUT2D eigenvalue weighted by Gasteiger charge is -2.17. The third kappa shape index (κ3) is 4.62. The van der Waals surface area contributed by atoms with Gasteiger partial charge in [0.15, 0.2) is 12.4 Å². The van der Waals surface area contributed by atoms with Gasteiger partial charge in [-0.2, -0.15) is 4.57 Å². The predicted molar refractivity (Wildman–Crippen MR) is 63.6 cm³/mol. The molecule has 0 saturated carbocycles. The van der Waals surface area contributed by atoms with Gasteiger partial charge in [-0.05, 0) is 6.07 Å². The molecule has 7 nitrogen and oxygen atoms in total. The Hall–Kier alpha value is -2.29. The molecule has 0 saturated heterocycles. The summed E-state index contributed by atoms with van der Waals surface area (Å²) >= 11 is 0. The van der Waals surface area contributed by atoms with Crippen LogP contribution >= 0.6 is 0 Å². The molecule has 1 aromatic carbocycles. The number of nitrogens with zero attached hydrogens (tertiary/aromatic N) is 1. The lowest BCUT2D eigenvalue weighted by molar-refractivity contribution is -2.00. The lowest BCUT2D eigenvalue weighted by atomic mass is 10.2. The minimum atomic E-state index is -4.94. The van der Waals surface area contributed by atoms with Crippen LogP contribution < -0.4 is 28.8 Å². The molecule has 2 aromatic heterocycles. The lowest BCUT2D eigenvalue weighted by Crippen LogP contribution is -2.68. The van der Waals surface area contributed by atoms with Crippen molar-refractivity contribution in [3.05, 3.63) is 66.5 Å². The third-order valence-corrected chi connectivity index (χ3v) is 2.65. The third-order valence-electron chi connectivity index (χ3n) is 2.65. The summed E-state index contributed by atoms with van der Waals surface area (Å²) in [4.78, 5) is 0. The Morgan fingerprint density at radius 1 is 0.909 bits per heavy atom. The Morgan fingerprint density at radius 2 is 1.50 bits per heavy atom. The fraction of sp³-hybridized carbons (Fsp3) is 0. The van der Waals surface area contributed by atoms with Crippen molar-refractivity contribution in [3.8, 4) is 5.69 Å². The van der Waals surface area contributed by atoms with Crippen molar-refractivity contribution in [2.75, 3.05) is 0 Å². The number of aromatic nitrogens is 1. The molecule has 0 bridgehead atoms. The van der Waals surface area contributed by atoms with Gasteiger partial charge in [-0.1, -0.05) is 24.3 Å². The van der Waals surface area contributed by atoms with Gasteiger partial charge in [0.05, 0.1) is 0 Å². The molecule has 0 radical (unpaired) electrons. The van der Waals surface area contributed by atoms with Crippen LogP contribution in [0.2, 0.25) is 0 Å². The fourth-order valence-electron chi connectivity index (χ4n) is 1.82. The molecule has 0 aliphatic heterocycles. The largest absolute Gasteiger partial charge is 0.434 e. The average Bonchev–Trinajstić information content (AvgIpc) is 2.46. The number of hydrogen-bond acceptors (Lipinski definition) is 6. The number of halogens is 1. The maximum Gasteiger partial charge on any atom is 0.286 e. The molecule has 0 unspecified atom stereocenters. The summed E-state index contributed by atoms with van der Waals surface area (Å²) in [6, 6.07) is 15.5. The van der Waals surface area contributed by atoms with E-state index in [9.17, 15) is 0 Å². The van der Waals surface area contributed by atoms with E-state index in [0.29, 0.717) is 0 Å². The maximum absolute atomic E-state index is 8.49. The number of fused-ring (bicyclic) bond motifs is 1. The molecule has 22 heavy (non-hydrogen) atoms. The topological polar surface area (TPSA) is 133 Å². The van der Waals surface area contributed by atoms with E-state index in [1.807, 2.05) is 65.5 Å².